The zero-order valence-electron chi connectivity index (χ0n) is 16.0. The predicted molar refractivity (Wildman–Crippen MR) is 109 cm³/mol. The maximum atomic E-state index is 12.4. The van der Waals surface area contributed by atoms with Crippen LogP contribution in [0.25, 0.3) is 5.69 Å². The highest BCUT2D eigenvalue weighted by atomic mass is 35.5. The molecule has 3 N–H and O–H groups in total. The van der Waals surface area contributed by atoms with Gasteiger partial charge >= 0.3 is 0 Å². The topological polar surface area (TPSA) is 90.0 Å². The molecule has 2 rings (SSSR count). The molecule has 0 aliphatic heterocycles. The lowest BCUT2D eigenvalue weighted by molar-refractivity contribution is -0.130. The number of nitrogens with zero attached hydrogens (tertiary/aromatic N) is 2. The number of rotatable bonds is 8. The van der Waals surface area contributed by atoms with Crippen LogP contribution in [0, 0.1) is 12.8 Å². The van der Waals surface area contributed by atoms with Crippen LogP contribution in [0.5, 0.6) is 0 Å². The Morgan fingerprint density at radius 3 is 2.74 bits per heavy atom. The standard InChI is InChI=1S/C19H25ClN4O2S/c1-12(2)10-19(4,17(21)26)23-16(25)11-27-18-22-8-9-24(18)15-7-5-6-14(20)13(15)3/h5-9,12H,10-11H2,1-4H3,(H2,21,26)(H,23,25). The number of hydrogen-bond donors (Lipinski definition) is 2. The van der Waals surface area contributed by atoms with Crippen molar-refractivity contribution in [2.75, 3.05) is 5.75 Å². The average molecular weight is 409 g/mol. The maximum Gasteiger partial charge on any atom is 0.242 e. The molecule has 1 aromatic heterocycles. The summed E-state index contributed by atoms with van der Waals surface area (Å²) >= 11 is 7.49. The van der Waals surface area contributed by atoms with Crippen LogP contribution in [-0.4, -0.2) is 32.7 Å². The molecule has 0 aliphatic carbocycles. The Hall–Kier alpha value is -1.99. The predicted octanol–water partition coefficient (Wildman–Crippen LogP) is 3.33. The van der Waals surface area contributed by atoms with E-state index in [1.165, 1.54) is 11.8 Å². The summed E-state index contributed by atoms with van der Waals surface area (Å²) in [5.74, 6) is -0.456. The van der Waals surface area contributed by atoms with E-state index in [2.05, 4.69) is 10.3 Å². The van der Waals surface area contributed by atoms with Gasteiger partial charge in [0.2, 0.25) is 11.8 Å². The van der Waals surface area contributed by atoms with Crippen LogP contribution in [-0.2, 0) is 9.59 Å². The molecule has 1 atom stereocenters. The fraction of sp³-hybridized carbons (Fsp3) is 0.421. The van der Waals surface area contributed by atoms with Crippen molar-refractivity contribution in [1.82, 2.24) is 14.9 Å². The van der Waals surface area contributed by atoms with Crippen molar-refractivity contribution in [3.63, 3.8) is 0 Å². The minimum Gasteiger partial charge on any atom is -0.368 e. The third-order valence-electron chi connectivity index (χ3n) is 4.21. The lowest BCUT2D eigenvalue weighted by Gasteiger charge is -2.29. The van der Waals surface area contributed by atoms with Crippen molar-refractivity contribution in [3.8, 4) is 5.69 Å². The molecule has 0 radical (unpaired) electrons. The Kier molecular flexibility index (Phi) is 6.95. The van der Waals surface area contributed by atoms with Crippen LogP contribution in [0.2, 0.25) is 5.02 Å². The summed E-state index contributed by atoms with van der Waals surface area (Å²) in [6.45, 7) is 7.55. The van der Waals surface area contributed by atoms with Crippen LogP contribution >= 0.6 is 23.4 Å². The van der Waals surface area contributed by atoms with Gasteiger partial charge in [0.25, 0.3) is 0 Å². The molecule has 1 aromatic carbocycles. The van der Waals surface area contributed by atoms with Crippen molar-refractivity contribution in [2.45, 2.75) is 44.8 Å². The molecule has 8 heteroatoms. The number of amides is 2. The van der Waals surface area contributed by atoms with E-state index < -0.39 is 11.4 Å². The van der Waals surface area contributed by atoms with E-state index in [1.807, 2.05) is 49.7 Å². The molecular formula is C19H25ClN4O2S. The first-order chi connectivity index (χ1) is 12.6. The fourth-order valence-electron chi connectivity index (χ4n) is 2.94. The van der Waals surface area contributed by atoms with Gasteiger partial charge in [0.1, 0.15) is 5.54 Å². The van der Waals surface area contributed by atoms with Gasteiger partial charge in [-0.15, -0.1) is 0 Å². The van der Waals surface area contributed by atoms with Gasteiger partial charge in [-0.1, -0.05) is 43.3 Å². The second-order valence-corrected chi connectivity index (χ2v) is 8.44. The Morgan fingerprint density at radius 1 is 1.41 bits per heavy atom. The molecular weight excluding hydrogens is 384 g/mol. The summed E-state index contributed by atoms with van der Waals surface area (Å²) in [7, 11) is 0. The van der Waals surface area contributed by atoms with Gasteiger partial charge < -0.3 is 11.1 Å². The number of carbonyl (C=O) groups excluding carboxylic acids is 2. The molecule has 0 saturated heterocycles. The van der Waals surface area contributed by atoms with E-state index in [4.69, 9.17) is 17.3 Å². The fourth-order valence-corrected chi connectivity index (χ4v) is 3.88. The first-order valence-electron chi connectivity index (χ1n) is 8.66. The molecule has 0 fully saturated rings. The number of nitrogens with one attached hydrogen (secondary N) is 1. The van der Waals surface area contributed by atoms with E-state index in [0.717, 1.165) is 11.3 Å². The van der Waals surface area contributed by atoms with Crippen LogP contribution in [0.1, 0.15) is 32.8 Å². The summed E-state index contributed by atoms with van der Waals surface area (Å²) in [4.78, 5) is 28.5. The summed E-state index contributed by atoms with van der Waals surface area (Å²) in [5, 5.41) is 4.11. The van der Waals surface area contributed by atoms with Crippen LogP contribution in [0.15, 0.2) is 35.7 Å². The number of carbonyl (C=O) groups is 2. The van der Waals surface area contributed by atoms with E-state index in [-0.39, 0.29) is 17.6 Å². The van der Waals surface area contributed by atoms with Crippen molar-refractivity contribution in [3.05, 3.63) is 41.2 Å². The molecule has 146 valence electrons. The van der Waals surface area contributed by atoms with E-state index in [9.17, 15) is 9.59 Å². The molecule has 2 aromatic rings. The Morgan fingerprint density at radius 2 is 2.11 bits per heavy atom. The van der Waals surface area contributed by atoms with Gasteiger partial charge in [-0.05, 0) is 43.9 Å². The average Bonchev–Trinajstić information content (AvgIpc) is 3.03. The van der Waals surface area contributed by atoms with Gasteiger partial charge in [-0.2, -0.15) is 0 Å². The van der Waals surface area contributed by atoms with Crippen LogP contribution < -0.4 is 11.1 Å². The minimum atomic E-state index is -1.06. The zero-order chi connectivity index (χ0) is 20.2. The number of imidazole rings is 1. The summed E-state index contributed by atoms with van der Waals surface area (Å²) in [6, 6.07) is 5.65. The van der Waals surface area contributed by atoms with Gasteiger partial charge in [0, 0.05) is 17.4 Å². The number of halogens is 1. The lowest BCUT2D eigenvalue weighted by Crippen LogP contribution is -2.56. The highest BCUT2D eigenvalue weighted by Gasteiger charge is 2.33. The van der Waals surface area contributed by atoms with Crippen molar-refractivity contribution in [1.29, 1.82) is 0 Å². The minimum absolute atomic E-state index is 0.123. The summed E-state index contributed by atoms with van der Waals surface area (Å²) in [6.07, 6.45) is 3.98. The number of benzene rings is 1. The zero-order valence-corrected chi connectivity index (χ0v) is 17.5. The Balaban J connectivity index is 2.10. The van der Waals surface area contributed by atoms with Gasteiger partial charge in [-0.25, -0.2) is 4.98 Å². The van der Waals surface area contributed by atoms with Crippen LogP contribution in [0.3, 0.4) is 0 Å². The molecule has 1 heterocycles. The molecule has 27 heavy (non-hydrogen) atoms. The number of thioether (sulfide) groups is 1. The molecule has 2 amide bonds. The van der Waals surface area contributed by atoms with E-state index in [1.54, 1.807) is 13.1 Å². The second-order valence-electron chi connectivity index (χ2n) is 7.09. The van der Waals surface area contributed by atoms with Gasteiger partial charge in [0.05, 0.1) is 11.4 Å². The third-order valence-corrected chi connectivity index (χ3v) is 5.59. The number of aromatic nitrogens is 2. The molecule has 0 bridgehead atoms. The highest BCUT2D eigenvalue weighted by molar-refractivity contribution is 7.99. The van der Waals surface area contributed by atoms with Crippen molar-refractivity contribution < 1.29 is 9.59 Å². The van der Waals surface area contributed by atoms with E-state index in [0.29, 0.717) is 16.6 Å². The highest BCUT2D eigenvalue weighted by Crippen LogP contribution is 2.26. The largest absolute Gasteiger partial charge is 0.368 e. The molecule has 0 saturated carbocycles. The quantitative estimate of drug-likeness (QED) is 0.655. The Bertz CT molecular complexity index is 837. The third kappa shape index (κ3) is 5.26. The SMILES string of the molecule is Cc1c(Cl)cccc1-n1ccnc1SCC(=O)NC(C)(CC(C)C)C(N)=O. The summed E-state index contributed by atoms with van der Waals surface area (Å²) < 4.78 is 1.89. The first-order valence-corrected chi connectivity index (χ1v) is 10.0. The number of nitrogens with two attached hydrogens (primary N) is 1. The molecule has 6 nitrogen and oxygen atoms in total. The maximum absolute atomic E-state index is 12.4. The molecule has 0 spiro atoms. The first kappa shape index (κ1) is 21.3. The normalized spacial score (nSPS) is 13.4. The number of hydrogen-bond acceptors (Lipinski definition) is 4. The van der Waals surface area contributed by atoms with Gasteiger partial charge in [-0.3, -0.25) is 14.2 Å². The lowest BCUT2D eigenvalue weighted by atomic mass is 9.90. The Labute approximate surface area is 168 Å². The van der Waals surface area contributed by atoms with Gasteiger partial charge in [0.15, 0.2) is 5.16 Å². The van der Waals surface area contributed by atoms with E-state index >= 15 is 0 Å². The number of primary amides is 1. The summed E-state index contributed by atoms with van der Waals surface area (Å²) in [5.41, 5.74) is 6.27. The monoisotopic (exact) mass is 408 g/mol. The molecule has 0 aliphatic rings. The second kappa shape index (κ2) is 8.80. The van der Waals surface area contributed by atoms with Crippen LogP contribution in [0.4, 0.5) is 0 Å². The smallest absolute Gasteiger partial charge is 0.242 e. The van der Waals surface area contributed by atoms with Crippen molar-refractivity contribution >= 4 is 35.2 Å². The van der Waals surface area contributed by atoms with Crippen molar-refractivity contribution in [2.24, 2.45) is 11.7 Å². The molecule has 1 unspecified atom stereocenters.